The lowest BCUT2D eigenvalue weighted by Crippen LogP contribution is -2.06. The van der Waals surface area contributed by atoms with Gasteiger partial charge in [0.2, 0.25) is 5.89 Å². The van der Waals surface area contributed by atoms with Crippen LogP contribution in [0.25, 0.3) is 22.7 Å². The van der Waals surface area contributed by atoms with Gasteiger partial charge in [-0.25, -0.2) is 13.5 Å². The summed E-state index contributed by atoms with van der Waals surface area (Å²) in [5.41, 5.74) is 0.975. The van der Waals surface area contributed by atoms with Crippen LogP contribution in [0.5, 0.6) is 0 Å². The van der Waals surface area contributed by atoms with Crippen LogP contribution in [0.15, 0.2) is 53.1 Å². The van der Waals surface area contributed by atoms with Crippen LogP contribution in [-0.2, 0) is 6.54 Å². The Morgan fingerprint density at radius 2 is 1.64 bits per heavy atom. The Hall–Kier alpha value is -3.56. The van der Waals surface area contributed by atoms with Crippen molar-refractivity contribution in [2.24, 2.45) is 0 Å². The van der Waals surface area contributed by atoms with E-state index in [0.29, 0.717) is 5.69 Å². The second kappa shape index (κ2) is 7.22. The molecule has 0 saturated carbocycles. The molecular formula is C18H11F4N5O. The van der Waals surface area contributed by atoms with Crippen LogP contribution in [-0.4, -0.2) is 25.2 Å². The van der Waals surface area contributed by atoms with Gasteiger partial charge >= 0.3 is 6.43 Å². The van der Waals surface area contributed by atoms with E-state index in [9.17, 15) is 17.6 Å². The van der Waals surface area contributed by atoms with Crippen molar-refractivity contribution in [3.8, 4) is 22.7 Å². The van der Waals surface area contributed by atoms with E-state index in [2.05, 4.69) is 20.5 Å². The molecule has 142 valence electrons. The molecule has 10 heteroatoms. The van der Waals surface area contributed by atoms with Gasteiger partial charge in [0.25, 0.3) is 5.89 Å². The first-order chi connectivity index (χ1) is 13.5. The highest BCUT2D eigenvalue weighted by molar-refractivity contribution is 5.57. The van der Waals surface area contributed by atoms with Crippen molar-refractivity contribution in [1.29, 1.82) is 0 Å². The minimum absolute atomic E-state index is 0.137. The van der Waals surface area contributed by atoms with E-state index in [1.165, 1.54) is 4.68 Å². The first kappa shape index (κ1) is 17.8. The molecule has 0 amide bonds. The fourth-order valence-electron chi connectivity index (χ4n) is 2.60. The maximum atomic E-state index is 14.4. The molecule has 2 aromatic carbocycles. The molecule has 0 radical (unpaired) electrons. The Kier molecular flexibility index (Phi) is 4.60. The average Bonchev–Trinajstić information content (AvgIpc) is 3.35. The highest BCUT2D eigenvalue weighted by Gasteiger charge is 2.20. The highest BCUT2D eigenvalue weighted by Crippen LogP contribution is 2.27. The number of benzene rings is 2. The molecule has 0 atom stereocenters. The zero-order chi connectivity index (χ0) is 19.7. The summed E-state index contributed by atoms with van der Waals surface area (Å²) in [6, 6.07) is 11.1. The second-order valence-corrected chi connectivity index (χ2v) is 5.83. The maximum Gasteiger partial charge on any atom is 0.314 e. The molecule has 2 aromatic heterocycles. The van der Waals surface area contributed by atoms with Crippen molar-refractivity contribution >= 4 is 0 Å². The Bertz CT molecular complexity index is 1090. The molecule has 0 unspecified atom stereocenters. The normalized spacial score (nSPS) is 11.3. The van der Waals surface area contributed by atoms with Gasteiger partial charge in [-0.15, -0.1) is 15.3 Å². The fourth-order valence-corrected chi connectivity index (χ4v) is 2.60. The molecule has 0 aliphatic heterocycles. The van der Waals surface area contributed by atoms with Gasteiger partial charge in [0.1, 0.15) is 17.3 Å². The lowest BCUT2D eigenvalue weighted by molar-refractivity contribution is 0.116. The number of alkyl halides is 2. The molecule has 28 heavy (non-hydrogen) atoms. The van der Waals surface area contributed by atoms with Crippen LogP contribution in [0, 0.1) is 11.6 Å². The third-order valence-corrected chi connectivity index (χ3v) is 3.94. The van der Waals surface area contributed by atoms with Gasteiger partial charge in [0.15, 0.2) is 0 Å². The van der Waals surface area contributed by atoms with Gasteiger partial charge < -0.3 is 4.42 Å². The van der Waals surface area contributed by atoms with Crippen molar-refractivity contribution < 1.29 is 22.0 Å². The number of hydrogen-bond donors (Lipinski definition) is 0. The van der Waals surface area contributed by atoms with Crippen molar-refractivity contribution in [2.75, 3.05) is 0 Å². The smallest absolute Gasteiger partial charge is 0.314 e. The first-order valence-corrected chi connectivity index (χ1v) is 8.06. The fraction of sp³-hybridized carbons (Fsp3) is 0.111. The van der Waals surface area contributed by atoms with Crippen LogP contribution in [0.1, 0.15) is 17.9 Å². The SMILES string of the molecule is Fc1cc(-c2nnc(C(F)F)o2)cc(F)c1Cn1cc(-c2ccccc2)nn1. The van der Waals surface area contributed by atoms with E-state index >= 15 is 0 Å². The van der Waals surface area contributed by atoms with E-state index in [4.69, 9.17) is 4.42 Å². The summed E-state index contributed by atoms with van der Waals surface area (Å²) >= 11 is 0. The monoisotopic (exact) mass is 389 g/mol. The van der Waals surface area contributed by atoms with E-state index in [-0.39, 0.29) is 17.7 Å². The van der Waals surface area contributed by atoms with Crippen molar-refractivity contribution in [3.63, 3.8) is 0 Å². The molecule has 2 heterocycles. The van der Waals surface area contributed by atoms with E-state index in [0.717, 1.165) is 17.7 Å². The zero-order valence-electron chi connectivity index (χ0n) is 14.1. The van der Waals surface area contributed by atoms with Crippen molar-refractivity contribution in [3.05, 3.63) is 71.8 Å². The third-order valence-electron chi connectivity index (χ3n) is 3.94. The van der Waals surface area contributed by atoms with Crippen LogP contribution in [0.2, 0.25) is 0 Å². The molecule has 0 N–H and O–H groups in total. The van der Waals surface area contributed by atoms with E-state index < -0.39 is 29.8 Å². The first-order valence-electron chi connectivity index (χ1n) is 8.06. The second-order valence-electron chi connectivity index (χ2n) is 5.83. The summed E-state index contributed by atoms with van der Waals surface area (Å²) in [5.74, 6) is -3.12. The Balaban J connectivity index is 1.60. The van der Waals surface area contributed by atoms with Crippen LogP contribution >= 0.6 is 0 Å². The molecule has 0 aliphatic carbocycles. The highest BCUT2D eigenvalue weighted by atomic mass is 19.3. The molecule has 6 nitrogen and oxygen atoms in total. The molecule has 0 saturated heterocycles. The van der Waals surface area contributed by atoms with E-state index in [1.54, 1.807) is 6.20 Å². The van der Waals surface area contributed by atoms with Crippen LogP contribution in [0.3, 0.4) is 0 Å². The van der Waals surface area contributed by atoms with Crippen molar-refractivity contribution in [2.45, 2.75) is 13.0 Å². The molecule has 0 bridgehead atoms. The van der Waals surface area contributed by atoms with Crippen LogP contribution in [0.4, 0.5) is 17.6 Å². The molecule has 0 fully saturated rings. The van der Waals surface area contributed by atoms with Gasteiger partial charge in [-0.1, -0.05) is 35.5 Å². The van der Waals surface area contributed by atoms with Gasteiger partial charge in [-0.05, 0) is 12.1 Å². The summed E-state index contributed by atoms with van der Waals surface area (Å²) < 4.78 is 59.9. The van der Waals surface area contributed by atoms with Gasteiger partial charge in [0, 0.05) is 16.7 Å². The van der Waals surface area contributed by atoms with E-state index in [1.807, 2.05) is 30.3 Å². The average molecular weight is 389 g/mol. The molecule has 4 rings (SSSR count). The Morgan fingerprint density at radius 3 is 2.29 bits per heavy atom. The summed E-state index contributed by atoms with van der Waals surface area (Å²) in [6.07, 6.45) is -1.41. The van der Waals surface area contributed by atoms with Crippen molar-refractivity contribution in [1.82, 2.24) is 25.2 Å². The largest absolute Gasteiger partial charge is 0.415 e. The lowest BCUT2D eigenvalue weighted by atomic mass is 10.1. The lowest BCUT2D eigenvalue weighted by Gasteiger charge is -2.06. The maximum absolute atomic E-state index is 14.4. The minimum Gasteiger partial charge on any atom is -0.415 e. The van der Waals surface area contributed by atoms with Gasteiger partial charge in [-0.2, -0.15) is 8.78 Å². The minimum atomic E-state index is -2.97. The summed E-state index contributed by atoms with van der Waals surface area (Å²) in [7, 11) is 0. The number of aromatic nitrogens is 5. The molecular weight excluding hydrogens is 378 g/mol. The molecule has 0 aliphatic rings. The summed E-state index contributed by atoms with van der Waals surface area (Å²) in [4.78, 5) is 0. The summed E-state index contributed by atoms with van der Waals surface area (Å²) in [6.45, 7) is -0.204. The Morgan fingerprint density at radius 1 is 0.929 bits per heavy atom. The predicted molar refractivity (Wildman–Crippen MR) is 89.2 cm³/mol. The third kappa shape index (κ3) is 3.48. The van der Waals surface area contributed by atoms with Gasteiger partial charge in [0.05, 0.1) is 12.7 Å². The topological polar surface area (TPSA) is 69.6 Å². The quantitative estimate of drug-likeness (QED) is 0.477. The zero-order valence-corrected chi connectivity index (χ0v) is 14.1. The van der Waals surface area contributed by atoms with Crippen LogP contribution < -0.4 is 0 Å². The standard InChI is InChI=1S/C18H11F4N5O/c19-13-6-11(17-24-25-18(28-17)16(21)22)7-14(20)12(13)8-27-9-15(23-26-27)10-4-2-1-3-5-10/h1-7,9,16H,8H2. The number of halogens is 4. The Labute approximate surface area is 155 Å². The van der Waals surface area contributed by atoms with Gasteiger partial charge in [-0.3, -0.25) is 0 Å². The summed E-state index contributed by atoms with van der Waals surface area (Å²) in [5, 5.41) is 14.4. The molecule has 0 spiro atoms. The molecule has 4 aromatic rings. The number of nitrogens with zero attached hydrogens (tertiary/aromatic N) is 5. The predicted octanol–water partition coefficient (Wildman–Crippen LogP) is 4.26. The number of hydrogen-bond acceptors (Lipinski definition) is 5. The number of rotatable bonds is 5.